The van der Waals surface area contributed by atoms with Crippen LogP contribution in [-0.2, 0) is 0 Å². The van der Waals surface area contributed by atoms with Gasteiger partial charge in [0.1, 0.15) is 5.75 Å². The van der Waals surface area contributed by atoms with Gasteiger partial charge in [0.2, 0.25) is 0 Å². The molecule has 3 aromatic rings. The van der Waals surface area contributed by atoms with Gasteiger partial charge in [-0.3, -0.25) is 0 Å². The summed E-state index contributed by atoms with van der Waals surface area (Å²) in [4.78, 5) is 30.6. The molecule has 0 atom stereocenters. The predicted octanol–water partition coefficient (Wildman–Crippen LogP) is 3.86. The van der Waals surface area contributed by atoms with Gasteiger partial charge in [0.25, 0.3) is 0 Å². The van der Waals surface area contributed by atoms with Crippen LogP contribution in [0.15, 0.2) is 84.9 Å². The third-order valence-electron chi connectivity index (χ3n) is 3.16. The van der Waals surface area contributed by atoms with E-state index in [-0.39, 0.29) is 11.3 Å². The summed E-state index contributed by atoms with van der Waals surface area (Å²) in [5, 5.41) is 33.9. The number of rotatable bonds is 3. The van der Waals surface area contributed by atoms with Crippen molar-refractivity contribution in [2.45, 2.75) is 0 Å². The average Bonchev–Trinajstić information content (AvgIpc) is 2.70. The second-order valence-corrected chi connectivity index (χ2v) is 5.19. The lowest BCUT2D eigenvalue weighted by molar-refractivity contribution is 0.0686. The van der Waals surface area contributed by atoms with E-state index in [9.17, 15) is 14.4 Å². The Morgan fingerprint density at radius 3 is 1.00 bits per heavy atom. The van der Waals surface area contributed by atoms with Crippen LogP contribution >= 0.6 is 0 Å². The number of aromatic hydroxyl groups is 1. The Kier molecular flexibility index (Phi) is 8.98. The van der Waals surface area contributed by atoms with Gasteiger partial charge in [-0.2, -0.15) is 0 Å². The molecule has 3 rings (SSSR count). The van der Waals surface area contributed by atoms with Crippen molar-refractivity contribution in [3.8, 4) is 5.75 Å². The highest BCUT2D eigenvalue weighted by atomic mass is 16.4. The van der Waals surface area contributed by atoms with Gasteiger partial charge in [0.05, 0.1) is 16.7 Å². The first kappa shape index (κ1) is 21.9. The summed E-state index contributed by atoms with van der Waals surface area (Å²) < 4.78 is 0. The number of hydrogen-bond donors (Lipinski definition) is 4. The van der Waals surface area contributed by atoms with Gasteiger partial charge in [-0.25, -0.2) is 14.4 Å². The molecule has 0 heterocycles. The van der Waals surface area contributed by atoms with E-state index in [1.165, 1.54) is 24.3 Å². The first-order valence-corrected chi connectivity index (χ1v) is 7.90. The van der Waals surface area contributed by atoms with Gasteiger partial charge in [-0.15, -0.1) is 0 Å². The van der Waals surface area contributed by atoms with E-state index in [4.69, 9.17) is 20.4 Å². The SMILES string of the molecule is O=C(O)c1ccc(O)cc1.O=C(O)c1ccccc1.O=C(O)c1ccccc1. The van der Waals surface area contributed by atoms with Crippen LogP contribution in [-0.4, -0.2) is 38.3 Å². The quantitative estimate of drug-likeness (QED) is 0.541. The summed E-state index contributed by atoms with van der Waals surface area (Å²) >= 11 is 0. The molecular formula is C21H18O7. The summed E-state index contributed by atoms with van der Waals surface area (Å²) in [5.74, 6) is -2.67. The van der Waals surface area contributed by atoms with Crippen LogP contribution in [0.25, 0.3) is 0 Å². The van der Waals surface area contributed by atoms with E-state index in [0.29, 0.717) is 11.1 Å². The van der Waals surface area contributed by atoms with Crippen molar-refractivity contribution in [2.75, 3.05) is 0 Å². The van der Waals surface area contributed by atoms with Gasteiger partial charge in [-0.05, 0) is 48.5 Å². The number of aromatic carboxylic acids is 3. The molecule has 0 fully saturated rings. The number of carboxylic acid groups (broad SMARTS) is 3. The smallest absolute Gasteiger partial charge is 0.335 e. The van der Waals surface area contributed by atoms with Gasteiger partial charge < -0.3 is 20.4 Å². The topological polar surface area (TPSA) is 132 Å². The maximum absolute atomic E-state index is 10.2. The molecule has 0 aliphatic heterocycles. The summed E-state index contributed by atoms with van der Waals surface area (Å²) in [6, 6.07) is 22.0. The minimum absolute atomic E-state index is 0.0741. The fourth-order valence-electron chi connectivity index (χ4n) is 1.77. The molecule has 28 heavy (non-hydrogen) atoms. The summed E-state index contributed by atoms with van der Waals surface area (Å²) in [6.45, 7) is 0. The monoisotopic (exact) mass is 382 g/mol. The van der Waals surface area contributed by atoms with Gasteiger partial charge >= 0.3 is 17.9 Å². The standard InChI is InChI=1S/C7H6O3.2C7H6O2/c8-6-3-1-5(2-4-6)7(9)10;2*8-7(9)6-4-2-1-3-5-6/h1-4,8H,(H,9,10);2*1-5H,(H,8,9). The highest BCUT2D eigenvalue weighted by molar-refractivity contribution is 5.88. The average molecular weight is 382 g/mol. The first-order valence-electron chi connectivity index (χ1n) is 7.90. The molecule has 0 saturated carbocycles. The lowest BCUT2D eigenvalue weighted by atomic mass is 10.2. The molecular weight excluding hydrogens is 364 g/mol. The highest BCUT2D eigenvalue weighted by Crippen LogP contribution is 2.08. The van der Waals surface area contributed by atoms with Crippen LogP contribution < -0.4 is 0 Å². The summed E-state index contributed by atoms with van der Waals surface area (Å²) in [7, 11) is 0. The van der Waals surface area contributed by atoms with E-state index < -0.39 is 17.9 Å². The molecule has 144 valence electrons. The van der Waals surface area contributed by atoms with Crippen LogP contribution in [0, 0.1) is 0 Å². The zero-order valence-electron chi connectivity index (χ0n) is 14.6. The Morgan fingerprint density at radius 1 is 0.464 bits per heavy atom. The van der Waals surface area contributed by atoms with E-state index in [1.807, 2.05) is 0 Å². The zero-order valence-corrected chi connectivity index (χ0v) is 14.6. The third-order valence-corrected chi connectivity index (χ3v) is 3.16. The molecule has 0 saturated heterocycles. The van der Waals surface area contributed by atoms with E-state index >= 15 is 0 Å². The van der Waals surface area contributed by atoms with Crippen molar-refractivity contribution in [1.82, 2.24) is 0 Å². The second kappa shape index (κ2) is 11.5. The van der Waals surface area contributed by atoms with Crippen LogP contribution in [0.5, 0.6) is 5.75 Å². The Morgan fingerprint density at radius 2 is 0.750 bits per heavy atom. The van der Waals surface area contributed by atoms with Crippen LogP contribution in [0.2, 0.25) is 0 Å². The van der Waals surface area contributed by atoms with Crippen molar-refractivity contribution in [1.29, 1.82) is 0 Å². The van der Waals surface area contributed by atoms with Crippen LogP contribution in [0.4, 0.5) is 0 Å². The number of carbonyl (C=O) groups is 3. The Hall–Kier alpha value is -4.13. The number of benzene rings is 3. The van der Waals surface area contributed by atoms with Crippen molar-refractivity contribution in [3.63, 3.8) is 0 Å². The highest BCUT2D eigenvalue weighted by Gasteiger charge is 1.99. The molecule has 0 spiro atoms. The summed E-state index contributed by atoms with van der Waals surface area (Å²) in [5.41, 5.74) is 0.841. The Labute approximate surface area is 160 Å². The van der Waals surface area contributed by atoms with Gasteiger partial charge in [0.15, 0.2) is 0 Å². The fraction of sp³-hybridized carbons (Fsp3) is 0. The molecule has 7 heteroatoms. The van der Waals surface area contributed by atoms with E-state index in [1.54, 1.807) is 60.7 Å². The van der Waals surface area contributed by atoms with Crippen molar-refractivity contribution in [3.05, 3.63) is 102 Å². The number of hydrogen-bond acceptors (Lipinski definition) is 4. The van der Waals surface area contributed by atoms with Crippen molar-refractivity contribution in [2.24, 2.45) is 0 Å². The Bertz CT molecular complexity index is 840. The maximum atomic E-state index is 10.2. The van der Waals surface area contributed by atoms with Gasteiger partial charge in [-0.1, -0.05) is 36.4 Å². The third kappa shape index (κ3) is 8.30. The van der Waals surface area contributed by atoms with E-state index in [0.717, 1.165) is 0 Å². The number of phenols is 1. The predicted molar refractivity (Wildman–Crippen MR) is 102 cm³/mol. The molecule has 3 aromatic carbocycles. The molecule has 0 aliphatic rings. The Balaban J connectivity index is 0.000000210. The first-order chi connectivity index (χ1) is 13.3. The van der Waals surface area contributed by atoms with Gasteiger partial charge in [0, 0.05) is 0 Å². The molecule has 0 unspecified atom stereocenters. The maximum Gasteiger partial charge on any atom is 0.335 e. The van der Waals surface area contributed by atoms with E-state index in [2.05, 4.69) is 0 Å². The van der Waals surface area contributed by atoms with Crippen LogP contribution in [0.1, 0.15) is 31.1 Å². The fourth-order valence-corrected chi connectivity index (χ4v) is 1.77. The largest absolute Gasteiger partial charge is 0.508 e. The molecule has 0 bridgehead atoms. The van der Waals surface area contributed by atoms with Crippen LogP contribution in [0.3, 0.4) is 0 Å². The normalized spacial score (nSPS) is 9.00. The minimum atomic E-state index is -0.986. The van der Waals surface area contributed by atoms with Crippen molar-refractivity contribution >= 4 is 17.9 Å². The lowest BCUT2D eigenvalue weighted by Crippen LogP contribution is -1.93. The zero-order chi connectivity index (χ0) is 20.9. The summed E-state index contributed by atoms with van der Waals surface area (Å²) in [6.07, 6.45) is 0. The molecule has 0 radical (unpaired) electrons. The lowest BCUT2D eigenvalue weighted by Gasteiger charge is -1.92. The molecule has 7 nitrogen and oxygen atoms in total. The molecule has 4 N–H and O–H groups in total. The number of phenolic OH excluding ortho intramolecular Hbond substituents is 1. The molecule has 0 amide bonds. The minimum Gasteiger partial charge on any atom is -0.508 e. The van der Waals surface area contributed by atoms with Crippen molar-refractivity contribution < 1.29 is 34.8 Å². The molecule has 0 aliphatic carbocycles. The molecule has 0 aromatic heterocycles. The number of carboxylic acids is 3. The second-order valence-electron chi connectivity index (χ2n) is 5.19.